The third-order valence-electron chi connectivity index (χ3n) is 4.40. The highest BCUT2D eigenvalue weighted by Crippen LogP contribution is 2.23. The summed E-state index contributed by atoms with van der Waals surface area (Å²) in [5, 5.41) is 7.87. The van der Waals surface area contributed by atoms with E-state index in [4.69, 9.17) is 11.6 Å². The first kappa shape index (κ1) is 18.9. The van der Waals surface area contributed by atoms with Crippen LogP contribution in [0.4, 0.5) is 4.79 Å². The van der Waals surface area contributed by atoms with E-state index in [0.29, 0.717) is 17.9 Å². The number of carbonyl (C=O) groups excluding carboxylic acids is 2. The topological polar surface area (TPSA) is 61.8 Å². The van der Waals surface area contributed by atoms with Crippen LogP contribution in [-0.4, -0.2) is 28.7 Å². The first-order valence-electron chi connectivity index (χ1n) is 8.65. The standard InChI is InChI=1S/C21H20ClN3O2/c1-21(13-12-16-8-4-2-5-9-16)19(26)25(20(27)24-21)23-15-18(22)14-17-10-6-3-7-11-17/h2-11,14-15H,12-13H2,1H3,(H,24,27)/b18-14-,23-15-/t21-/m0/s1. The molecule has 27 heavy (non-hydrogen) atoms. The van der Waals surface area contributed by atoms with E-state index in [9.17, 15) is 9.59 Å². The number of nitrogens with one attached hydrogen (secondary N) is 1. The predicted octanol–water partition coefficient (Wildman–Crippen LogP) is 4.20. The zero-order chi connectivity index (χ0) is 19.3. The number of allylic oxidation sites excluding steroid dienone is 1. The number of nitrogens with zero attached hydrogens (tertiary/aromatic N) is 2. The van der Waals surface area contributed by atoms with Crippen LogP contribution >= 0.6 is 11.6 Å². The second-order valence-corrected chi connectivity index (χ2v) is 6.99. The number of rotatable bonds is 6. The van der Waals surface area contributed by atoms with Crippen molar-refractivity contribution in [2.24, 2.45) is 5.10 Å². The van der Waals surface area contributed by atoms with E-state index in [1.807, 2.05) is 60.7 Å². The van der Waals surface area contributed by atoms with Gasteiger partial charge in [0.2, 0.25) is 0 Å². The second-order valence-electron chi connectivity index (χ2n) is 6.55. The minimum atomic E-state index is -0.986. The normalized spacial score (nSPS) is 20.4. The van der Waals surface area contributed by atoms with Crippen LogP contribution < -0.4 is 5.32 Å². The molecule has 0 radical (unpaired) electrons. The summed E-state index contributed by atoms with van der Waals surface area (Å²) in [5.41, 5.74) is 1.02. The number of amides is 3. The highest BCUT2D eigenvalue weighted by Gasteiger charge is 2.47. The summed E-state index contributed by atoms with van der Waals surface area (Å²) in [6.07, 6.45) is 4.17. The lowest BCUT2D eigenvalue weighted by Crippen LogP contribution is -2.44. The maximum absolute atomic E-state index is 12.7. The number of hydrogen-bond donors (Lipinski definition) is 1. The number of halogens is 1. The van der Waals surface area contributed by atoms with E-state index in [-0.39, 0.29) is 5.91 Å². The van der Waals surface area contributed by atoms with Crippen molar-refractivity contribution in [3.63, 3.8) is 0 Å². The number of hydrogen-bond acceptors (Lipinski definition) is 3. The zero-order valence-corrected chi connectivity index (χ0v) is 15.7. The van der Waals surface area contributed by atoms with Crippen LogP contribution in [0.5, 0.6) is 0 Å². The van der Waals surface area contributed by atoms with E-state index >= 15 is 0 Å². The van der Waals surface area contributed by atoms with Crippen molar-refractivity contribution in [2.45, 2.75) is 25.3 Å². The molecular formula is C21H20ClN3O2. The van der Waals surface area contributed by atoms with E-state index in [2.05, 4.69) is 10.4 Å². The fourth-order valence-corrected chi connectivity index (χ4v) is 3.01. The molecule has 0 unspecified atom stereocenters. The molecule has 5 nitrogen and oxygen atoms in total. The van der Waals surface area contributed by atoms with Crippen LogP contribution in [0.2, 0.25) is 0 Å². The molecule has 0 bridgehead atoms. The van der Waals surface area contributed by atoms with Gasteiger partial charge in [-0.1, -0.05) is 72.3 Å². The summed E-state index contributed by atoms with van der Waals surface area (Å²) in [6, 6.07) is 18.8. The Balaban J connectivity index is 1.67. The number of urea groups is 1. The fourth-order valence-electron chi connectivity index (χ4n) is 2.84. The lowest BCUT2D eigenvalue weighted by atomic mass is 9.93. The Morgan fingerprint density at radius 1 is 1.11 bits per heavy atom. The molecule has 1 aliphatic rings. The van der Waals surface area contributed by atoms with Crippen LogP contribution in [0, 0.1) is 0 Å². The largest absolute Gasteiger partial charge is 0.346 e. The van der Waals surface area contributed by atoms with Gasteiger partial charge in [-0.05, 0) is 37.0 Å². The van der Waals surface area contributed by atoms with Crippen LogP contribution in [-0.2, 0) is 11.2 Å². The lowest BCUT2D eigenvalue weighted by molar-refractivity contribution is -0.130. The molecule has 1 fully saturated rings. The first-order valence-corrected chi connectivity index (χ1v) is 9.03. The van der Waals surface area contributed by atoms with Crippen molar-refractivity contribution in [3.05, 3.63) is 76.8 Å². The van der Waals surface area contributed by atoms with Gasteiger partial charge in [-0.15, -0.1) is 5.01 Å². The number of hydrazone groups is 1. The SMILES string of the molecule is C[C@@]1(CCc2ccccc2)NC(=O)N(/N=C\C(Cl)=C\c2ccccc2)C1=O. The Labute approximate surface area is 163 Å². The molecule has 2 aromatic carbocycles. The molecule has 3 amide bonds. The molecule has 1 N–H and O–H groups in total. The van der Waals surface area contributed by atoms with Gasteiger partial charge in [-0.2, -0.15) is 5.10 Å². The molecule has 0 aliphatic carbocycles. The van der Waals surface area contributed by atoms with Crippen molar-refractivity contribution in [1.29, 1.82) is 0 Å². The van der Waals surface area contributed by atoms with Crippen LogP contribution in [0.15, 0.2) is 70.8 Å². The summed E-state index contributed by atoms with van der Waals surface area (Å²) in [5.74, 6) is -0.385. The van der Waals surface area contributed by atoms with Gasteiger partial charge in [0.15, 0.2) is 0 Å². The van der Waals surface area contributed by atoms with Gasteiger partial charge in [-0.25, -0.2) is 4.79 Å². The van der Waals surface area contributed by atoms with Gasteiger partial charge in [-0.3, -0.25) is 4.79 Å². The molecule has 6 heteroatoms. The minimum absolute atomic E-state index is 0.319. The van der Waals surface area contributed by atoms with E-state index in [1.54, 1.807) is 13.0 Å². The minimum Gasteiger partial charge on any atom is -0.322 e. The Bertz CT molecular complexity index is 881. The average molecular weight is 382 g/mol. The molecule has 2 aromatic rings. The average Bonchev–Trinajstić information content (AvgIpc) is 2.89. The Hall–Kier alpha value is -2.92. The maximum Gasteiger partial charge on any atom is 0.346 e. The van der Waals surface area contributed by atoms with Gasteiger partial charge in [0.25, 0.3) is 5.91 Å². The Kier molecular flexibility index (Phi) is 5.72. The van der Waals surface area contributed by atoms with Gasteiger partial charge in [0.1, 0.15) is 5.54 Å². The van der Waals surface area contributed by atoms with Gasteiger partial charge < -0.3 is 5.32 Å². The molecule has 3 rings (SSSR count). The third kappa shape index (κ3) is 4.63. The van der Waals surface area contributed by atoms with Crippen LogP contribution in [0.3, 0.4) is 0 Å². The van der Waals surface area contributed by atoms with Crippen LogP contribution in [0.1, 0.15) is 24.5 Å². The second kappa shape index (κ2) is 8.18. The molecule has 0 saturated carbocycles. The zero-order valence-electron chi connectivity index (χ0n) is 14.9. The summed E-state index contributed by atoms with van der Waals surface area (Å²) < 4.78 is 0. The summed E-state index contributed by atoms with van der Waals surface area (Å²) in [6.45, 7) is 1.72. The predicted molar refractivity (Wildman–Crippen MR) is 107 cm³/mol. The van der Waals surface area contributed by atoms with Gasteiger partial charge >= 0.3 is 6.03 Å². The van der Waals surface area contributed by atoms with E-state index in [0.717, 1.165) is 16.1 Å². The van der Waals surface area contributed by atoms with Crippen molar-refractivity contribution < 1.29 is 9.59 Å². The number of aryl methyl sites for hydroxylation is 1. The maximum atomic E-state index is 12.7. The summed E-state index contributed by atoms with van der Waals surface area (Å²) in [7, 11) is 0. The van der Waals surface area contributed by atoms with E-state index in [1.165, 1.54) is 6.21 Å². The molecule has 138 valence electrons. The molecule has 1 heterocycles. The monoisotopic (exact) mass is 381 g/mol. The van der Waals surface area contributed by atoms with E-state index < -0.39 is 11.6 Å². The van der Waals surface area contributed by atoms with Crippen molar-refractivity contribution in [1.82, 2.24) is 10.3 Å². The molecule has 1 aliphatic heterocycles. The fraction of sp³-hybridized carbons (Fsp3) is 0.190. The highest BCUT2D eigenvalue weighted by molar-refractivity contribution is 6.41. The summed E-state index contributed by atoms with van der Waals surface area (Å²) >= 11 is 6.14. The number of benzene rings is 2. The van der Waals surface area contributed by atoms with Gasteiger partial charge in [0, 0.05) is 0 Å². The first-order chi connectivity index (χ1) is 13.0. The highest BCUT2D eigenvalue weighted by atomic mass is 35.5. The molecule has 0 aromatic heterocycles. The Morgan fingerprint density at radius 3 is 2.41 bits per heavy atom. The summed E-state index contributed by atoms with van der Waals surface area (Å²) in [4.78, 5) is 24.9. The third-order valence-corrected chi connectivity index (χ3v) is 4.60. The smallest absolute Gasteiger partial charge is 0.322 e. The van der Waals surface area contributed by atoms with Crippen molar-refractivity contribution in [3.8, 4) is 0 Å². The molecule has 0 spiro atoms. The van der Waals surface area contributed by atoms with Gasteiger partial charge in [0.05, 0.1) is 11.2 Å². The Morgan fingerprint density at radius 2 is 1.74 bits per heavy atom. The lowest BCUT2D eigenvalue weighted by Gasteiger charge is -2.20. The molecule has 1 saturated heterocycles. The van der Waals surface area contributed by atoms with Crippen molar-refractivity contribution in [2.75, 3.05) is 0 Å². The quantitative estimate of drug-likeness (QED) is 0.602. The number of imide groups is 1. The van der Waals surface area contributed by atoms with Crippen molar-refractivity contribution >= 4 is 35.8 Å². The van der Waals surface area contributed by atoms with Crippen LogP contribution in [0.25, 0.3) is 6.08 Å². The number of carbonyl (C=O) groups is 2. The molecule has 1 atom stereocenters. The molecular weight excluding hydrogens is 362 g/mol.